The van der Waals surface area contributed by atoms with Crippen molar-refractivity contribution in [1.82, 2.24) is 4.31 Å². The Balaban J connectivity index is 2.89. The molecule has 6 nitrogen and oxygen atoms in total. The van der Waals surface area contributed by atoms with Gasteiger partial charge in [-0.1, -0.05) is 6.07 Å². The quantitative estimate of drug-likeness (QED) is 0.768. The SMILES string of the molecule is COCCN(C)S(=O)(=O)Nc1c(O)cccc1Br. The Morgan fingerprint density at radius 3 is 2.72 bits per heavy atom. The second-order valence-corrected chi connectivity index (χ2v) is 6.19. The van der Waals surface area contributed by atoms with E-state index in [0.717, 1.165) is 4.31 Å². The molecule has 18 heavy (non-hydrogen) atoms. The lowest BCUT2D eigenvalue weighted by Gasteiger charge is -2.18. The molecule has 0 heterocycles. The number of benzene rings is 1. The van der Waals surface area contributed by atoms with Crippen LogP contribution in [0.15, 0.2) is 22.7 Å². The molecule has 0 radical (unpaired) electrons. The van der Waals surface area contributed by atoms with Gasteiger partial charge in [0.1, 0.15) is 11.4 Å². The Kier molecular flexibility index (Phi) is 5.39. The molecule has 0 aromatic heterocycles. The highest BCUT2D eigenvalue weighted by Gasteiger charge is 2.20. The number of nitrogens with zero attached hydrogens (tertiary/aromatic N) is 1. The van der Waals surface area contributed by atoms with Gasteiger partial charge in [-0.05, 0) is 28.1 Å². The second kappa shape index (κ2) is 6.37. The van der Waals surface area contributed by atoms with Gasteiger partial charge in [0.15, 0.2) is 0 Å². The molecule has 0 aliphatic heterocycles. The van der Waals surface area contributed by atoms with Gasteiger partial charge in [0.25, 0.3) is 0 Å². The van der Waals surface area contributed by atoms with Gasteiger partial charge in [0, 0.05) is 25.2 Å². The van der Waals surface area contributed by atoms with E-state index >= 15 is 0 Å². The third kappa shape index (κ3) is 3.84. The monoisotopic (exact) mass is 338 g/mol. The molecule has 0 unspecified atom stereocenters. The number of hydrogen-bond donors (Lipinski definition) is 2. The zero-order chi connectivity index (χ0) is 13.8. The molecule has 1 aromatic rings. The predicted molar refractivity (Wildman–Crippen MR) is 72.9 cm³/mol. The van der Waals surface area contributed by atoms with Gasteiger partial charge >= 0.3 is 10.2 Å². The van der Waals surface area contributed by atoms with E-state index in [1.807, 2.05) is 0 Å². The van der Waals surface area contributed by atoms with Crippen LogP contribution in [0, 0.1) is 0 Å². The number of para-hydroxylation sites is 1. The topological polar surface area (TPSA) is 78.9 Å². The summed E-state index contributed by atoms with van der Waals surface area (Å²) in [6.07, 6.45) is 0. The molecule has 102 valence electrons. The highest BCUT2D eigenvalue weighted by atomic mass is 79.9. The molecule has 2 N–H and O–H groups in total. The number of aromatic hydroxyl groups is 1. The van der Waals surface area contributed by atoms with Crippen molar-refractivity contribution < 1.29 is 18.3 Å². The summed E-state index contributed by atoms with van der Waals surface area (Å²) in [5.41, 5.74) is 0.113. The van der Waals surface area contributed by atoms with E-state index in [4.69, 9.17) is 4.74 Å². The van der Waals surface area contributed by atoms with E-state index in [1.165, 1.54) is 20.2 Å². The van der Waals surface area contributed by atoms with Crippen LogP contribution in [0.1, 0.15) is 0 Å². The minimum atomic E-state index is -3.72. The molecule has 0 atom stereocenters. The maximum absolute atomic E-state index is 11.9. The first-order valence-electron chi connectivity index (χ1n) is 5.09. The Morgan fingerprint density at radius 1 is 1.50 bits per heavy atom. The molecule has 0 bridgehead atoms. The third-order valence-corrected chi connectivity index (χ3v) is 4.37. The summed E-state index contributed by atoms with van der Waals surface area (Å²) in [7, 11) is -0.798. The average Bonchev–Trinajstić information content (AvgIpc) is 2.31. The van der Waals surface area contributed by atoms with Crippen molar-refractivity contribution in [3.63, 3.8) is 0 Å². The van der Waals surface area contributed by atoms with Crippen molar-refractivity contribution in [3.05, 3.63) is 22.7 Å². The summed E-state index contributed by atoms with van der Waals surface area (Å²) in [5, 5.41) is 9.61. The molecule has 0 aliphatic rings. The minimum absolute atomic E-state index is 0.113. The lowest BCUT2D eigenvalue weighted by molar-refractivity contribution is 0.185. The first kappa shape index (κ1) is 15.2. The molecular formula is C10H15BrN2O4S. The van der Waals surface area contributed by atoms with E-state index in [1.54, 1.807) is 12.1 Å². The Morgan fingerprint density at radius 2 is 2.17 bits per heavy atom. The van der Waals surface area contributed by atoms with Crippen molar-refractivity contribution in [2.75, 3.05) is 32.0 Å². The van der Waals surface area contributed by atoms with Gasteiger partial charge in [0.05, 0.1) is 6.61 Å². The van der Waals surface area contributed by atoms with Crippen molar-refractivity contribution in [2.45, 2.75) is 0 Å². The maximum atomic E-state index is 11.9. The maximum Gasteiger partial charge on any atom is 0.301 e. The summed E-state index contributed by atoms with van der Waals surface area (Å²) < 4.78 is 32.6. The fourth-order valence-corrected chi connectivity index (χ4v) is 2.69. The largest absolute Gasteiger partial charge is 0.506 e. The van der Waals surface area contributed by atoms with Crippen LogP contribution >= 0.6 is 15.9 Å². The molecule has 0 fully saturated rings. The van der Waals surface area contributed by atoms with Crippen molar-refractivity contribution in [1.29, 1.82) is 0 Å². The first-order valence-corrected chi connectivity index (χ1v) is 7.32. The molecule has 8 heteroatoms. The van der Waals surface area contributed by atoms with Gasteiger partial charge in [-0.25, -0.2) is 0 Å². The molecule has 0 aliphatic carbocycles. The summed E-state index contributed by atoms with van der Waals surface area (Å²) in [6.45, 7) is 0.510. The summed E-state index contributed by atoms with van der Waals surface area (Å²) in [6, 6.07) is 4.64. The third-order valence-electron chi connectivity index (χ3n) is 2.24. The number of likely N-dealkylation sites (N-methyl/N-ethyl adjacent to an activating group) is 1. The van der Waals surface area contributed by atoms with E-state index in [0.29, 0.717) is 11.1 Å². The van der Waals surface area contributed by atoms with Gasteiger partial charge in [-0.2, -0.15) is 12.7 Å². The van der Waals surface area contributed by atoms with Crippen LogP contribution in [0.3, 0.4) is 0 Å². The lowest BCUT2D eigenvalue weighted by Crippen LogP contribution is -2.34. The molecule has 0 amide bonds. The van der Waals surface area contributed by atoms with Crippen LogP contribution < -0.4 is 4.72 Å². The highest BCUT2D eigenvalue weighted by molar-refractivity contribution is 9.10. The van der Waals surface area contributed by atoms with Gasteiger partial charge in [-0.15, -0.1) is 0 Å². The van der Waals surface area contributed by atoms with Gasteiger partial charge in [-0.3, -0.25) is 4.72 Å². The Bertz CT molecular complexity index is 486. The normalized spacial score (nSPS) is 11.8. The number of anilines is 1. The number of halogens is 1. The predicted octanol–water partition coefficient (Wildman–Crippen LogP) is 1.39. The number of nitrogens with one attached hydrogen (secondary N) is 1. The Labute approximate surface area is 115 Å². The Hall–Kier alpha value is -0.830. The zero-order valence-electron chi connectivity index (χ0n) is 10.1. The fraction of sp³-hybridized carbons (Fsp3) is 0.400. The number of ether oxygens (including phenoxy) is 1. The number of rotatable bonds is 6. The van der Waals surface area contributed by atoms with Crippen LogP contribution in [0.5, 0.6) is 5.75 Å². The molecule has 0 saturated carbocycles. The first-order chi connectivity index (χ1) is 8.38. The molecular weight excluding hydrogens is 324 g/mol. The van der Waals surface area contributed by atoms with Gasteiger partial charge in [0.2, 0.25) is 0 Å². The summed E-state index contributed by atoms with van der Waals surface area (Å²) >= 11 is 3.17. The summed E-state index contributed by atoms with van der Waals surface area (Å²) in [5.74, 6) is -0.145. The standard InChI is InChI=1S/C10H15BrN2O4S/c1-13(6-7-17-2)18(15,16)12-10-8(11)4-3-5-9(10)14/h3-5,12,14H,6-7H2,1-2H3. The number of methoxy groups -OCH3 is 1. The van der Waals surface area contributed by atoms with Crippen LogP contribution in [0.4, 0.5) is 5.69 Å². The number of phenols is 1. The van der Waals surface area contributed by atoms with E-state index in [-0.39, 0.29) is 18.0 Å². The van der Waals surface area contributed by atoms with E-state index in [2.05, 4.69) is 20.7 Å². The average molecular weight is 339 g/mol. The minimum Gasteiger partial charge on any atom is -0.506 e. The highest BCUT2D eigenvalue weighted by Crippen LogP contribution is 2.32. The van der Waals surface area contributed by atoms with Crippen LogP contribution in [-0.2, 0) is 14.9 Å². The molecule has 1 rings (SSSR count). The van der Waals surface area contributed by atoms with E-state index < -0.39 is 10.2 Å². The summed E-state index contributed by atoms with van der Waals surface area (Å²) in [4.78, 5) is 0. The van der Waals surface area contributed by atoms with Crippen LogP contribution in [0.2, 0.25) is 0 Å². The lowest BCUT2D eigenvalue weighted by atomic mass is 10.3. The fourth-order valence-electron chi connectivity index (χ4n) is 1.16. The van der Waals surface area contributed by atoms with Crippen LogP contribution in [-0.4, -0.2) is 45.1 Å². The zero-order valence-corrected chi connectivity index (χ0v) is 12.5. The smallest absolute Gasteiger partial charge is 0.301 e. The number of phenolic OH excluding ortho intramolecular Hbond substituents is 1. The van der Waals surface area contributed by atoms with Crippen molar-refractivity contribution in [2.24, 2.45) is 0 Å². The van der Waals surface area contributed by atoms with Crippen LogP contribution in [0.25, 0.3) is 0 Å². The molecule has 0 saturated heterocycles. The van der Waals surface area contributed by atoms with Crippen molar-refractivity contribution in [3.8, 4) is 5.75 Å². The van der Waals surface area contributed by atoms with E-state index in [9.17, 15) is 13.5 Å². The second-order valence-electron chi connectivity index (χ2n) is 3.56. The van der Waals surface area contributed by atoms with Gasteiger partial charge < -0.3 is 9.84 Å². The number of hydrogen-bond acceptors (Lipinski definition) is 4. The van der Waals surface area contributed by atoms with Crippen molar-refractivity contribution >= 4 is 31.8 Å². The molecule has 1 aromatic carbocycles. The molecule has 0 spiro atoms.